The molecule has 21 heavy (non-hydrogen) atoms. The van der Waals surface area contributed by atoms with Gasteiger partial charge in [0.05, 0.1) is 6.04 Å². The maximum Gasteiger partial charge on any atom is 0.240 e. The first kappa shape index (κ1) is 15.0. The summed E-state index contributed by atoms with van der Waals surface area (Å²) in [7, 11) is 0. The molecule has 1 aromatic rings. The van der Waals surface area contributed by atoms with Gasteiger partial charge in [-0.05, 0) is 44.9 Å². The molecule has 0 saturated carbocycles. The summed E-state index contributed by atoms with van der Waals surface area (Å²) >= 11 is 1.86. The Bertz CT molecular complexity index is 508. The lowest BCUT2D eigenvalue weighted by atomic mass is 10.1. The predicted octanol–water partition coefficient (Wildman–Crippen LogP) is 1.76. The second-order valence-corrected chi connectivity index (χ2v) is 7.60. The Morgan fingerprint density at radius 3 is 2.76 bits per heavy atom. The quantitative estimate of drug-likeness (QED) is 0.924. The lowest BCUT2D eigenvalue weighted by Crippen LogP contribution is -2.52. The highest BCUT2D eigenvalue weighted by Crippen LogP contribution is 2.26. The molecule has 2 aliphatic heterocycles. The fraction of sp³-hybridized carbons (Fsp3) is 0.688. The van der Waals surface area contributed by atoms with Crippen molar-refractivity contribution in [3.05, 3.63) is 21.4 Å². The molecule has 5 heteroatoms. The topological polar surface area (TPSA) is 35.6 Å². The molecule has 1 amide bonds. The van der Waals surface area contributed by atoms with Crippen LogP contribution in [-0.2, 0) is 11.3 Å². The van der Waals surface area contributed by atoms with Crippen molar-refractivity contribution in [2.45, 2.75) is 39.3 Å². The summed E-state index contributed by atoms with van der Waals surface area (Å²) in [5.41, 5.74) is 1.40. The van der Waals surface area contributed by atoms with Crippen LogP contribution in [0.25, 0.3) is 0 Å². The van der Waals surface area contributed by atoms with Crippen molar-refractivity contribution in [1.82, 2.24) is 15.1 Å². The van der Waals surface area contributed by atoms with Crippen molar-refractivity contribution in [1.29, 1.82) is 0 Å². The van der Waals surface area contributed by atoms with Gasteiger partial charge in [-0.3, -0.25) is 9.69 Å². The average molecular weight is 307 g/mol. The fourth-order valence-corrected chi connectivity index (χ4v) is 4.39. The minimum Gasteiger partial charge on any atom is -0.339 e. The highest BCUT2D eigenvalue weighted by atomic mass is 32.1. The Kier molecular flexibility index (Phi) is 4.62. The van der Waals surface area contributed by atoms with Gasteiger partial charge in [0, 0.05) is 42.5 Å². The van der Waals surface area contributed by atoms with E-state index in [9.17, 15) is 4.79 Å². The van der Waals surface area contributed by atoms with E-state index in [1.165, 1.54) is 15.3 Å². The minimum absolute atomic E-state index is 0.0997. The van der Waals surface area contributed by atoms with Crippen molar-refractivity contribution in [3.8, 4) is 0 Å². The maximum atomic E-state index is 12.8. The van der Waals surface area contributed by atoms with E-state index < -0.39 is 0 Å². The molecule has 0 radical (unpaired) electrons. The van der Waals surface area contributed by atoms with Gasteiger partial charge >= 0.3 is 0 Å². The molecule has 2 aliphatic rings. The molecule has 0 aliphatic carbocycles. The molecule has 3 rings (SSSR count). The molecular formula is C16H25N3OS. The van der Waals surface area contributed by atoms with Gasteiger partial charge in [0.2, 0.25) is 5.91 Å². The second kappa shape index (κ2) is 6.46. The summed E-state index contributed by atoms with van der Waals surface area (Å²) in [6.45, 7) is 9.92. The van der Waals surface area contributed by atoms with Crippen LogP contribution in [0.1, 0.15) is 28.2 Å². The number of nitrogens with one attached hydrogen (secondary N) is 1. The van der Waals surface area contributed by atoms with Crippen LogP contribution in [0.3, 0.4) is 0 Å². The van der Waals surface area contributed by atoms with Gasteiger partial charge in [-0.25, -0.2) is 0 Å². The summed E-state index contributed by atoms with van der Waals surface area (Å²) in [5, 5.41) is 3.32. The number of thiophene rings is 1. The van der Waals surface area contributed by atoms with Crippen molar-refractivity contribution in [2.75, 3.05) is 32.7 Å². The number of rotatable bonds is 3. The van der Waals surface area contributed by atoms with E-state index in [1.807, 2.05) is 16.2 Å². The van der Waals surface area contributed by atoms with Crippen LogP contribution in [0, 0.1) is 13.8 Å². The molecule has 1 atom stereocenters. The molecule has 1 N–H and O–H groups in total. The number of hydrogen-bond donors (Lipinski definition) is 1. The van der Waals surface area contributed by atoms with Crippen LogP contribution in [-0.4, -0.2) is 54.5 Å². The molecule has 3 heterocycles. The van der Waals surface area contributed by atoms with E-state index in [0.29, 0.717) is 5.91 Å². The first-order valence-corrected chi connectivity index (χ1v) is 8.76. The Morgan fingerprint density at radius 1 is 1.33 bits per heavy atom. The van der Waals surface area contributed by atoms with Crippen LogP contribution in [0.4, 0.5) is 0 Å². The minimum atomic E-state index is 0.0997. The lowest BCUT2D eigenvalue weighted by Gasteiger charge is -2.33. The SMILES string of the molecule is Cc1cc(CN2CCCC2C(=O)N2CCNCC2)c(C)s1. The fourth-order valence-electron chi connectivity index (χ4n) is 3.45. The van der Waals surface area contributed by atoms with Crippen LogP contribution in [0.5, 0.6) is 0 Å². The van der Waals surface area contributed by atoms with Crippen LogP contribution in [0.15, 0.2) is 6.07 Å². The van der Waals surface area contributed by atoms with Crippen molar-refractivity contribution < 1.29 is 4.79 Å². The number of carbonyl (C=O) groups is 1. The first-order valence-electron chi connectivity index (χ1n) is 7.94. The number of amides is 1. The van der Waals surface area contributed by atoms with E-state index in [0.717, 1.165) is 52.1 Å². The zero-order valence-electron chi connectivity index (χ0n) is 13.0. The molecule has 0 spiro atoms. The smallest absolute Gasteiger partial charge is 0.240 e. The van der Waals surface area contributed by atoms with E-state index in [1.54, 1.807) is 0 Å². The Morgan fingerprint density at radius 2 is 2.10 bits per heavy atom. The molecule has 116 valence electrons. The largest absolute Gasteiger partial charge is 0.339 e. The van der Waals surface area contributed by atoms with Crippen LogP contribution in [0.2, 0.25) is 0 Å². The van der Waals surface area contributed by atoms with Crippen molar-refractivity contribution >= 4 is 17.2 Å². The van der Waals surface area contributed by atoms with E-state index in [-0.39, 0.29) is 6.04 Å². The number of piperazine rings is 1. The van der Waals surface area contributed by atoms with Gasteiger partial charge in [0.1, 0.15) is 0 Å². The first-order chi connectivity index (χ1) is 10.1. The molecule has 2 saturated heterocycles. The van der Waals surface area contributed by atoms with E-state index in [2.05, 4.69) is 30.1 Å². The third-order valence-corrected chi connectivity index (χ3v) is 5.60. The number of carbonyl (C=O) groups excluding carboxylic acids is 1. The van der Waals surface area contributed by atoms with Gasteiger partial charge in [0.15, 0.2) is 0 Å². The molecule has 0 bridgehead atoms. The zero-order chi connectivity index (χ0) is 14.8. The number of likely N-dealkylation sites (tertiary alicyclic amines) is 1. The van der Waals surface area contributed by atoms with Gasteiger partial charge in [-0.2, -0.15) is 0 Å². The Balaban J connectivity index is 1.67. The molecule has 1 aromatic heterocycles. The molecule has 0 aromatic carbocycles. The average Bonchev–Trinajstić information content (AvgIpc) is 3.06. The summed E-state index contributed by atoms with van der Waals surface area (Å²) in [4.78, 5) is 19.9. The molecular weight excluding hydrogens is 282 g/mol. The van der Waals surface area contributed by atoms with Gasteiger partial charge in [-0.1, -0.05) is 0 Å². The Labute approximate surface area is 131 Å². The zero-order valence-corrected chi connectivity index (χ0v) is 13.8. The highest BCUT2D eigenvalue weighted by Gasteiger charge is 2.34. The molecule has 4 nitrogen and oxygen atoms in total. The molecule has 2 fully saturated rings. The monoisotopic (exact) mass is 307 g/mol. The Hall–Kier alpha value is -0.910. The van der Waals surface area contributed by atoms with Crippen LogP contribution < -0.4 is 5.32 Å². The van der Waals surface area contributed by atoms with Crippen molar-refractivity contribution in [3.63, 3.8) is 0 Å². The summed E-state index contributed by atoms with van der Waals surface area (Å²) < 4.78 is 0. The third-order valence-electron chi connectivity index (χ3n) is 4.59. The predicted molar refractivity (Wildman–Crippen MR) is 86.7 cm³/mol. The van der Waals surface area contributed by atoms with Crippen LogP contribution >= 0.6 is 11.3 Å². The van der Waals surface area contributed by atoms with Gasteiger partial charge in [-0.15, -0.1) is 11.3 Å². The second-order valence-electron chi connectivity index (χ2n) is 6.14. The number of nitrogens with zero attached hydrogens (tertiary/aromatic N) is 2. The summed E-state index contributed by atoms with van der Waals surface area (Å²) in [5.74, 6) is 0.346. The van der Waals surface area contributed by atoms with Gasteiger partial charge in [0.25, 0.3) is 0 Å². The number of aryl methyl sites for hydroxylation is 2. The van der Waals surface area contributed by atoms with Crippen molar-refractivity contribution in [2.24, 2.45) is 0 Å². The number of hydrogen-bond acceptors (Lipinski definition) is 4. The highest BCUT2D eigenvalue weighted by molar-refractivity contribution is 7.12. The third kappa shape index (κ3) is 3.30. The normalized spacial score (nSPS) is 23.7. The summed E-state index contributed by atoms with van der Waals surface area (Å²) in [6.07, 6.45) is 2.16. The van der Waals surface area contributed by atoms with Gasteiger partial charge < -0.3 is 10.2 Å². The molecule has 1 unspecified atom stereocenters. The van der Waals surface area contributed by atoms with E-state index in [4.69, 9.17) is 0 Å². The lowest BCUT2D eigenvalue weighted by molar-refractivity contribution is -0.136. The summed E-state index contributed by atoms with van der Waals surface area (Å²) in [6, 6.07) is 2.38. The standard InChI is InChI=1S/C16H25N3OS/c1-12-10-14(13(2)21-12)11-19-7-3-4-15(19)16(20)18-8-5-17-6-9-18/h10,15,17H,3-9,11H2,1-2H3. The maximum absolute atomic E-state index is 12.8. The van der Waals surface area contributed by atoms with E-state index >= 15 is 0 Å².